The molecule has 1 saturated heterocycles. The number of alkyl halides is 2. The Balaban J connectivity index is 1.25. The van der Waals surface area contributed by atoms with E-state index in [2.05, 4.69) is 21.0 Å². The summed E-state index contributed by atoms with van der Waals surface area (Å²) >= 11 is 0. The quantitative estimate of drug-likeness (QED) is 0.492. The highest BCUT2D eigenvalue weighted by atomic mass is 19.3. The first-order valence-electron chi connectivity index (χ1n) is 12.2. The third-order valence-corrected chi connectivity index (χ3v) is 6.96. The van der Waals surface area contributed by atoms with Crippen LogP contribution in [0.1, 0.15) is 43.4 Å². The lowest BCUT2D eigenvalue weighted by atomic mass is 10.1. The average molecular weight is 462 g/mol. The molecule has 1 atom stereocenters. The first-order valence-corrected chi connectivity index (χ1v) is 12.2. The topological polar surface area (TPSA) is 55.8 Å². The molecule has 2 aliphatic carbocycles. The lowest BCUT2D eigenvalue weighted by Gasteiger charge is -2.18. The van der Waals surface area contributed by atoms with Gasteiger partial charge in [0.2, 0.25) is 0 Å². The van der Waals surface area contributed by atoms with Crippen molar-refractivity contribution in [1.82, 2.24) is 9.88 Å². The summed E-state index contributed by atoms with van der Waals surface area (Å²) in [6, 6.07) is 4.05. The third kappa shape index (κ3) is 5.32. The number of aryl methyl sites for hydroxylation is 1. The Morgan fingerprint density at radius 1 is 1.18 bits per heavy atom. The minimum Gasteiger partial charge on any atom is -0.493 e. The number of nitrogens with zero attached hydrogens (tertiary/aromatic N) is 2. The van der Waals surface area contributed by atoms with E-state index in [4.69, 9.17) is 14.5 Å². The second kappa shape index (κ2) is 9.97. The van der Waals surface area contributed by atoms with Crippen molar-refractivity contribution in [3.8, 4) is 11.5 Å². The highest BCUT2D eigenvalue weighted by Crippen LogP contribution is 2.40. The number of ether oxygens (including phenoxy) is 3. The molecule has 1 N–H and O–H groups in total. The fourth-order valence-corrected chi connectivity index (χ4v) is 5.04. The second-order valence-corrected chi connectivity index (χ2v) is 9.42. The predicted octanol–water partition coefficient (Wildman–Crippen LogP) is 4.64. The smallest absolute Gasteiger partial charge is 0.345 e. The Bertz CT molecular complexity index is 983. The Morgan fingerprint density at radius 3 is 2.85 bits per heavy atom. The molecule has 6 nitrogen and oxygen atoms in total. The molecule has 1 unspecified atom stereocenters. The number of fused-ring (bicyclic) bond motifs is 2. The van der Waals surface area contributed by atoms with E-state index in [0.29, 0.717) is 31.1 Å². The molecule has 0 radical (unpaired) electrons. The van der Waals surface area contributed by atoms with E-state index in [0.717, 1.165) is 62.1 Å². The summed E-state index contributed by atoms with van der Waals surface area (Å²) in [5, 5.41) is 4.82. The van der Waals surface area contributed by atoms with Gasteiger partial charge in [0.1, 0.15) is 0 Å². The van der Waals surface area contributed by atoms with Crippen LogP contribution >= 0.6 is 0 Å². The van der Waals surface area contributed by atoms with E-state index in [9.17, 15) is 8.78 Å². The van der Waals surface area contributed by atoms with E-state index in [1.54, 1.807) is 7.11 Å². The van der Waals surface area contributed by atoms with Crippen LogP contribution in [0.5, 0.6) is 11.5 Å². The van der Waals surface area contributed by atoms with Crippen LogP contribution in [0, 0.1) is 5.92 Å². The fourth-order valence-electron chi connectivity index (χ4n) is 5.04. The number of aromatic nitrogens is 1. The van der Waals surface area contributed by atoms with E-state index in [-0.39, 0.29) is 6.10 Å². The molecule has 3 aliphatic rings. The molecule has 2 aromatic rings. The number of rotatable bonds is 11. The molecule has 180 valence electrons. The summed E-state index contributed by atoms with van der Waals surface area (Å²) < 4.78 is 41.2. The SMILES string of the molecule is COc1cc2c(NCC3CC3)c3c(nc2cc1OCCCN1CCC(OC(F)F)C1)CCC3. The van der Waals surface area contributed by atoms with Gasteiger partial charge in [0, 0.05) is 49.0 Å². The van der Waals surface area contributed by atoms with E-state index >= 15 is 0 Å². The molecule has 1 aromatic heterocycles. The maximum atomic E-state index is 12.4. The van der Waals surface area contributed by atoms with Crippen molar-refractivity contribution in [3.05, 3.63) is 23.4 Å². The third-order valence-electron chi connectivity index (χ3n) is 6.96. The van der Waals surface area contributed by atoms with Crippen molar-refractivity contribution < 1.29 is 23.0 Å². The molecule has 1 aliphatic heterocycles. The van der Waals surface area contributed by atoms with Crippen LogP contribution in [-0.2, 0) is 17.6 Å². The normalized spacial score (nSPS) is 20.5. The van der Waals surface area contributed by atoms with Gasteiger partial charge in [-0.25, -0.2) is 0 Å². The number of nitrogens with one attached hydrogen (secondary N) is 1. The summed E-state index contributed by atoms with van der Waals surface area (Å²) in [6.45, 7) is 0.970. The maximum Gasteiger partial charge on any atom is 0.345 e. The molecule has 1 saturated carbocycles. The lowest BCUT2D eigenvalue weighted by Crippen LogP contribution is -2.26. The molecule has 0 amide bonds. The number of methoxy groups -OCH3 is 1. The fraction of sp³-hybridized carbons (Fsp3) is 0.640. The van der Waals surface area contributed by atoms with Crippen LogP contribution in [0.15, 0.2) is 12.1 Å². The zero-order valence-electron chi connectivity index (χ0n) is 19.2. The average Bonchev–Trinajstić information content (AvgIpc) is 3.33. The van der Waals surface area contributed by atoms with Gasteiger partial charge in [-0.2, -0.15) is 8.78 Å². The van der Waals surface area contributed by atoms with E-state index in [1.807, 2.05) is 6.07 Å². The van der Waals surface area contributed by atoms with Gasteiger partial charge in [0.15, 0.2) is 11.5 Å². The Labute approximate surface area is 193 Å². The number of pyridine rings is 1. The van der Waals surface area contributed by atoms with Gasteiger partial charge in [-0.3, -0.25) is 4.98 Å². The molecule has 33 heavy (non-hydrogen) atoms. The van der Waals surface area contributed by atoms with Crippen LogP contribution in [0.3, 0.4) is 0 Å². The van der Waals surface area contributed by atoms with Gasteiger partial charge < -0.3 is 24.4 Å². The van der Waals surface area contributed by atoms with Crippen molar-refractivity contribution in [2.45, 2.75) is 57.7 Å². The molecule has 1 aromatic carbocycles. The number of anilines is 1. The van der Waals surface area contributed by atoms with Gasteiger partial charge in [0.05, 0.1) is 25.3 Å². The predicted molar refractivity (Wildman–Crippen MR) is 124 cm³/mol. The van der Waals surface area contributed by atoms with E-state index < -0.39 is 6.61 Å². The summed E-state index contributed by atoms with van der Waals surface area (Å²) in [5.74, 6) is 2.20. The standard InChI is InChI=1S/C25H33F2N3O3/c1-31-22-12-19-21(29-20-5-2-4-18(20)24(19)28-14-16-6-7-16)13-23(22)32-11-3-9-30-10-8-17(15-30)33-25(26)27/h12-13,16-17,25H,2-11,14-15H2,1H3,(H,28,29). The molecule has 8 heteroatoms. The molecule has 2 heterocycles. The molecule has 5 rings (SSSR count). The first-order chi connectivity index (χ1) is 16.1. The van der Waals surface area contributed by atoms with Crippen LogP contribution in [0.2, 0.25) is 0 Å². The summed E-state index contributed by atoms with van der Waals surface area (Å²) in [5.41, 5.74) is 4.72. The lowest BCUT2D eigenvalue weighted by molar-refractivity contribution is -0.158. The van der Waals surface area contributed by atoms with Crippen LogP contribution in [0.25, 0.3) is 10.9 Å². The molecular formula is C25H33F2N3O3. The zero-order chi connectivity index (χ0) is 22.8. The van der Waals surface area contributed by atoms with Gasteiger partial charge in [-0.15, -0.1) is 0 Å². The van der Waals surface area contributed by atoms with E-state index in [1.165, 1.54) is 29.8 Å². The molecule has 0 spiro atoms. The number of halogens is 2. The summed E-state index contributed by atoms with van der Waals surface area (Å²) in [6.07, 6.45) is 6.96. The van der Waals surface area contributed by atoms with Crippen LogP contribution in [0.4, 0.5) is 14.5 Å². The van der Waals surface area contributed by atoms with Crippen molar-refractivity contribution >= 4 is 16.6 Å². The Kier molecular flexibility index (Phi) is 6.83. The number of likely N-dealkylation sites (tertiary alicyclic amines) is 1. The Hall–Kier alpha value is -2.19. The molecule has 0 bridgehead atoms. The highest BCUT2D eigenvalue weighted by Gasteiger charge is 2.26. The summed E-state index contributed by atoms with van der Waals surface area (Å²) in [7, 11) is 1.67. The monoisotopic (exact) mass is 461 g/mol. The van der Waals surface area contributed by atoms with Gasteiger partial charge in [-0.05, 0) is 62.5 Å². The summed E-state index contributed by atoms with van der Waals surface area (Å²) in [4.78, 5) is 7.11. The highest BCUT2D eigenvalue weighted by molar-refractivity contribution is 5.96. The minimum atomic E-state index is -2.70. The van der Waals surface area contributed by atoms with Crippen molar-refractivity contribution in [1.29, 1.82) is 0 Å². The van der Waals surface area contributed by atoms with Gasteiger partial charge in [-0.1, -0.05) is 0 Å². The minimum absolute atomic E-state index is 0.373. The van der Waals surface area contributed by atoms with Crippen LogP contribution < -0.4 is 14.8 Å². The Morgan fingerprint density at radius 2 is 2.06 bits per heavy atom. The molecular weight excluding hydrogens is 428 g/mol. The number of hydrogen-bond donors (Lipinski definition) is 1. The second-order valence-electron chi connectivity index (χ2n) is 9.42. The zero-order valence-corrected chi connectivity index (χ0v) is 19.2. The van der Waals surface area contributed by atoms with Crippen molar-refractivity contribution in [3.63, 3.8) is 0 Å². The molecule has 2 fully saturated rings. The maximum absolute atomic E-state index is 12.4. The van der Waals surface area contributed by atoms with Gasteiger partial charge >= 0.3 is 6.61 Å². The van der Waals surface area contributed by atoms with Crippen molar-refractivity contribution in [2.75, 3.05) is 45.2 Å². The van der Waals surface area contributed by atoms with Gasteiger partial charge in [0.25, 0.3) is 0 Å². The number of hydrogen-bond acceptors (Lipinski definition) is 6. The van der Waals surface area contributed by atoms with Crippen molar-refractivity contribution in [2.24, 2.45) is 5.92 Å². The largest absolute Gasteiger partial charge is 0.493 e. The van der Waals surface area contributed by atoms with Crippen LogP contribution in [-0.4, -0.2) is 62.5 Å². The number of benzene rings is 1. The first kappa shape index (κ1) is 22.6.